The largest absolute Gasteiger partial charge is 0.314 e. The first-order valence-electron chi connectivity index (χ1n) is 5.05. The second-order valence-electron chi connectivity index (χ2n) is 4.87. The van der Waals surface area contributed by atoms with Crippen LogP contribution in [-0.2, 0) is 0 Å². The third-order valence-electron chi connectivity index (χ3n) is 4.47. The maximum Gasteiger partial charge on any atom is 0.00704 e. The van der Waals surface area contributed by atoms with E-state index in [9.17, 15) is 0 Å². The molecule has 1 spiro atoms. The van der Waals surface area contributed by atoms with Gasteiger partial charge >= 0.3 is 0 Å². The van der Waals surface area contributed by atoms with Gasteiger partial charge in [-0.05, 0) is 56.4 Å². The van der Waals surface area contributed by atoms with Crippen molar-refractivity contribution in [2.75, 3.05) is 6.54 Å². The smallest absolute Gasteiger partial charge is 0.00704 e. The molecule has 0 amide bonds. The number of hydrogen-bond acceptors (Lipinski definition) is 1. The molecule has 0 radical (unpaired) electrons. The van der Waals surface area contributed by atoms with Gasteiger partial charge in [-0.2, -0.15) is 0 Å². The zero-order chi connectivity index (χ0) is 7.47. The molecule has 1 aliphatic heterocycles. The Bertz CT molecular complexity index is 183. The number of nitrogens with one attached hydrogen (secondary N) is 1. The highest BCUT2D eigenvalue weighted by molar-refractivity contribution is 5.10. The standard InChI is InChI=1S/C10H17N/c1-7-8-2-3-10(4-5-10)9(8)6-11-7/h7-9,11H,2-6H2,1H3/t7?,8-,9+/m1/s1. The molecule has 1 unspecified atom stereocenters. The molecule has 2 saturated carbocycles. The molecular weight excluding hydrogens is 134 g/mol. The van der Waals surface area contributed by atoms with Crippen LogP contribution < -0.4 is 5.32 Å². The molecule has 3 aliphatic rings. The van der Waals surface area contributed by atoms with Crippen molar-refractivity contribution >= 4 is 0 Å². The van der Waals surface area contributed by atoms with Gasteiger partial charge in [-0.25, -0.2) is 0 Å². The summed E-state index contributed by atoms with van der Waals surface area (Å²) in [6, 6.07) is 0.819. The average Bonchev–Trinajstić information content (AvgIpc) is 2.53. The lowest BCUT2D eigenvalue weighted by atomic mass is 9.88. The molecule has 1 nitrogen and oxygen atoms in total. The van der Waals surface area contributed by atoms with Crippen molar-refractivity contribution in [2.24, 2.45) is 17.3 Å². The molecule has 1 saturated heterocycles. The summed E-state index contributed by atoms with van der Waals surface area (Å²) in [5.74, 6) is 2.11. The third-order valence-corrected chi connectivity index (χ3v) is 4.47. The van der Waals surface area contributed by atoms with Gasteiger partial charge in [0.15, 0.2) is 0 Å². The first-order chi connectivity index (χ1) is 5.32. The van der Waals surface area contributed by atoms with Crippen molar-refractivity contribution in [3.63, 3.8) is 0 Å². The van der Waals surface area contributed by atoms with E-state index >= 15 is 0 Å². The van der Waals surface area contributed by atoms with Crippen LogP contribution in [0, 0.1) is 17.3 Å². The fourth-order valence-electron chi connectivity index (χ4n) is 3.51. The van der Waals surface area contributed by atoms with Gasteiger partial charge in [0.05, 0.1) is 0 Å². The summed E-state index contributed by atoms with van der Waals surface area (Å²) in [5, 5.41) is 3.62. The molecule has 62 valence electrons. The van der Waals surface area contributed by atoms with Crippen LogP contribution >= 0.6 is 0 Å². The highest BCUT2D eigenvalue weighted by atomic mass is 15.0. The molecule has 3 rings (SSSR count). The van der Waals surface area contributed by atoms with Gasteiger partial charge < -0.3 is 5.32 Å². The van der Waals surface area contributed by atoms with Crippen LogP contribution in [0.2, 0.25) is 0 Å². The van der Waals surface area contributed by atoms with Crippen molar-refractivity contribution in [3.05, 3.63) is 0 Å². The maximum absolute atomic E-state index is 3.62. The predicted molar refractivity (Wildman–Crippen MR) is 45.3 cm³/mol. The van der Waals surface area contributed by atoms with E-state index in [2.05, 4.69) is 12.2 Å². The SMILES string of the molecule is CC1NC[C@H]2[C@@H]1CCC21CC1. The number of fused-ring (bicyclic) bond motifs is 2. The van der Waals surface area contributed by atoms with E-state index in [1.54, 1.807) is 19.3 Å². The van der Waals surface area contributed by atoms with Crippen LogP contribution in [0.1, 0.15) is 32.6 Å². The van der Waals surface area contributed by atoms with Crippen molar-refractivity contribution in [1.29, 1.82) is 0 Å². The molecule has 0 aromatic rings. The van der Waals surface area contributed by atoms with Crippen LogP contribution in [0.25, 0.3) is 0 Å². The van der Waals surface area contributed by atoms with Crippen molar-refractivity contribution in [1.82, 2.24) is 5.32 Å². The van der Waals surface area contributed by atoms with Crippen LogP contribution in [0.5, 0.6) is 0 Å². The molecule has 1 heterocycles. The zero-order valence-corrected chi connectivity index (χ0v) is 7.27. The fourth-order valence-corrected chi connectivity index (χ4v) is 3.51. The summed E-state index contributed by atoms with van der Waals surface area (Å²) in [4.78, 5) is 0. The molecule has 3 atom stereocenters. The highest BCUT2D eigenvalue weighted by Gasteiger charge is 2.58. The second-order valence-corrected chi connectivity index (χ2v) is 4.87. The van der Waals surface area contributed by atoms with Crippen LogP contribution in [0.3, 0.4) is 0 Å². The highest BCUT2D eigenvalue weighted by Crippen LogP contribution is 2.64. The number of rotatable bonds is 0. The van der Waals surface area contributed by atoms with Gasteiger partial charge in [-0.1, -0.05) is 0 Å². The normalized spacial score (nSPS) is 51.5. The molecule has 1 N–H and O–H groups in total. The molecule has 0 aromatic carbocycles. The minimum Gasteiger partial charge on any atom is -0.314 e. The van der Waals surface area contributed by atoms with Crippen molar-refractivity contribution < 1.29 is 0 Å². The minimum atomic E-state index is 0.819. The molecule has 0 bridgehead atoms. The van der Waals surface area contributed by atoms with E-state index < -0.39 is 0 Å². The molecule has 2 aliphatic carbocycles. The molecular formula is C10H17N. The predicted octanol–water partition coefficient (Wildman–Crippen LogP) is 1.78. The Morgan fingerprint density at radius 1 is 1.27 bits per heavy atom. The summed E-state index contributed by atoms with van der Waals surface area (Å²) in [6.07, 6.45) is 6.15. The van der Waals surface area contributed by atoms with Crippen molar-refractivity contribution in [3.8, 4) is 0 Å². The molecule has 1 heteroatoms. The van der Waals surface area contributed by atoms with E-state index in [0.717, 1.165) is 23.3 Å². The summed E-state index contributed by atoms with van der Waals surface area (Å²) in [5.41, 5.74) is 0.864. The van der Waals surface area contributed by atoms with Crippen LogP contribution in [-0.4, -0.2) is 12.6 Å². The van der Waals surface area contributed by atoms with Gasteiger partial charge in [0.25, 0.3) is 0 Å². The summed E-state index contributed by atoms with van der Waals surface area (Å²) in [6.45, 7) is 3.69. The Labute approximate surface area is 68.6 Å². The quantitative estimate of drug-likeness (QED) is 0.556. The van der Waals surface area contributed by atoms with Crippen molar-refractivity contribution in [2.45, 2.75) is 38.6 Å². The Morgan fingerprint density at radius 3 is 2.82 bits per heavy atom. The topological polar surface area (TPSA) is 12.0 Å². The van der Waals surface area contributed by atoms with E-state index in [4.69, 9.17) is 0 Å². The molecule has 0 aromatic heterocycles. The van der Waals surface area contributed by atoms with E-state index in [1.165, 1.54) is 13.0 Å². The minimum absolute atomic E-state index is 0.819. The van der Waals surface area contributed by atoms with Gasteiger partial charge in [0.2, 0.25) is 0 Å². The summed E-state index contributed by atoms with van der Waals surface area (Å²) in [7, 11) is 0. The molecule has 3 fully saturated rings. The third kappa shape index (κ3) is 0.703. The first kappa shape index (κ1) is 6.47. The lowest BCUT2D eigenvalue weighted by Crippen LogP contribution is -2.22. The van der Waals surface area contributed by atoms with E-state index in [1.807, 2.05) is 0 Å². The fraction of sp³-hybridized carbons (Fsp3) is 1.00. The second kappa shape index (κ2) is 1.82. The van der Waals surface area contributed by atoms with Crippen LogP contribution in [0.15, 0.2) is 0 Å². The Morgan fingerprint density at radius 2 is 2.09 bits per heavy atom. The Balaban J connectivity index is 1.88. The first-order valence-corrected chi connectivity index (χ1v) is 5.05. The molecule has 11 heavy (non-hydrogen) atoms. The van der Waals surface area contributed by atoms with E-state index in [-0.39, 0.29) is 0 Å². The lowest BCUT2D eigenvalue weighted by Gasteiger charge is -2.16. The lowest BCUT2D eigenvalue weighted by molar-refractivity contribution is 0.343. The van der Waals surface area contributed by atoms with Gasteiger partial charge in [-0.15, -0.1) is 0 Å². The maximum atomic E-state index is 3.62. The monoisotopic (exact) mass is 151 g/mol. The number of hydrogen-bond donors (Lipinski definition) is 1. The van der Waals surface area contributed by atoms with Crippen LogP contribution in [0.4, 0.5) is 0 Å². The average molecular weight is 151 g/mol. The zero-order valence-electron chi connectivity index (χ0n) is 7.27. The Kier molecular flexibility index (Phi) is 1.07. The van der Waals surface area contributed by atoms with E-state index in [0.29, 0.717) is 0 Å². The van der Waals surface area contributed by atoms with Gasteiger partial charge in [0.1, 0.15) is 0 Å². The van der Waals surface area contributed by atoms with Gasteiger partial charge in [-0.3, -0.25) is 0 Å². The van der Waals surface area contributed by atoms with Gasteiger partial charge in [0, 0.05) is 6.04 Å². The summed E-state index contributed by atoms with van der Waals surface area (Å²) < 4.78 is 0. The summed E-state index contributed by atoms with van der Waals surface area (Å²) >= 11 is 0. The Hall–Kier alpha value is -0.0400.